The first kappa shape index (κ1) is 14.4. The van der Waals surface area contributed by atoms with Gasteiger partial charge in [0, 0.05) is 18.6 Å². The molecule has 2 aliphatic heterocycles. The molecule has 0 bridgehead atoms. The van der Waals surface area contributed by atoms with E-state index in [9.17, 15) is 13.6 Å². The maximum absolute atomic E-state index is 13.9. The Kier molecular flexibility index (Phi) is 3.93. The molecule has 2 aliphatic rings. The third-order valence-electron chi connectivity index (χ3n) is 4.76. The number of benzene rings is 1. The predicted octanol–water partition coefficient (Wildman–Crippen LogP) is 2.66. The van der Waals surface area contributed by atoms with E-state index >= 15 is 0 Å². The number of likely N-dealkylation sites (N-methyl/N-ethyl adjacent to an activating group) is 1. The van der Waals surface area contributed by atoms with E-state index in [1.807, 2.05) is 0 Å². The fourth-order valence-corrected chi connectivity index (χ4v) is 3.69. The highest BCUT2D eigenvalue weighted by Crippen LogP contribution is 2.30. The highest BCUT2D eigenvalue weighted by Gasteiger charge is 2.39. The molecule has 0 N–H and O–H groups in total. The second-order valence-corrected chi connectivity index (χ2v) is 6.00. The number of nitrogens with zero attached hydrogens (tertiary/aromatic N) is 2. The van der Waals surface area contributed by atoms with Crippen molar-refractivity contribution in [3.63, 3.8) is 0 Å². The van der Waals surface area contributed by atoms with Crippen LogP contribution >= 0.6 is 0 Å². The van der Waals surface area contributed by atoms with Crippen molar-refractivity contribution in [3.8, 4) is 0 Å². The number of carbonyl (C=O) groups excluding carboxylic acids is 1. The van der Waals surface area contributed by atoms with Crippen LogP contribution in [0.1, 0.15) is 36.0 Å². The summed E-state index contributed by atoms with van der Waals surface area (Å²) in [5.74, 6) is -2.38. The molecule has 3 nitrogen and oxygen atoms in total. The molecule has 0 spiro atoms. The number of carbonyl (C=O) groups is 1. The Bertz CT molecular complexity index is 549. The van der Waals surface area contributed by atoms with E-state index in [4.69, 9.17) is 0 Å². The summed E-state index contributed by atoms with van der Waals surface area (Å²) in [7, 11) is 2.07. The minimum Gasteiger partial charge on any atom is -0.334 e. The Morgan fingerprint density at radius 2 is 1.86 bits per heavy atom. The fourth-order valence-electron chi connectivity index (χ4n) is 3.69. The first-order chi connectivity index (χ1) is 10.1. The van der Waals surface area contributed by atoms with Crippen LogP contribution in [0.25, 0.3) is 0 Å². The molecule has 0 saturated carbocycles. The summed E-state index contributed by atoms with van der Waals surface area (Å²) < 4.78 is 27.2. The molecule has 1 aromatic rings. The zero-order valence-corrected chi connectivity index (χ0v) is 12.2. The monoisotopic (exact) mass is 294 g/mol. The van der Waals surface area contributed by atoms with Crippen molar-refractivity contribution in [3.05, 3.63) is 35.4 Å². The minimum absolute atomic E-state index is 0.118. The normalized spacial score (nSPS) is 26.5. The zero-order valence-electron chi connectivity index (χ0n) is 12.2. The van der Waals surface area contributed by atoms with Crippen molar-refractivity contribution in [1.82, 2.24) is 9.80 Å². The molecule has 0 radical (unpaired) electrons. The predicted molar refractivity (Wildman–Crippen MR) is 76.1 cm³/mol. The lowest BCUT2D eigenvalue weighted by molar-refractivity contribution is 0.0658. The van der Waals surface area contributed by atoms with Gasteiger partial charge in [-0.05, 0) is 51.4 Å². The highest BCUT2D eigenvalue weighted by molar-refractivity contribution is 5.95. The number of amides is 1. The fraction of sp³-hybridized carbons (Fsp3) is 0.562. The van der Waals surface area contributed by atoms with Crippen LogP contribution in [0.3, 0.4) is 0 Å². The summed E-state index contributed by atoms with van der Waals surface area (Å²) in [4.78, 5) is 16.6. The quantitative estimate of drug-likeness (QED) is 0.837. The summed E-state index contributed by atoms with van der Waals surface area (Å²) in [6.07, 6.45) is 4.07. The summed E-state index contributed by atoms with van der Waals surface area (Å²) >= 11 is 0. The van der Waals surface area contributed by atoms with Crippen molar-refractivity contribution < 1.29 is 13.6 Å². The molecule has 114 valence electrons. The van der Waals surface area contributed by atoms with E-state index in [0.29, 0.717) is 12.6 Å². The molecule has 2 atom stereocenters. The van der Waals surface area contributed by atoms with Crippen LogP contribution in [0.2, 0.25) is 0 Å². The molecule has 21 heavy (non-hydrogen) atoms. The number of likely N-dealkylation sites (tertiary alicyclic amines) is 2. The molecule has 0 aliphatic carbocycles. The molecule has 1 aromatic carbocycles. The van der Waals surface area contributed by atoms with Gasteiger partial charge in [0.1, 0.15) is 0 Å². The minimum atomic E-state index is -1.03. The van der Waals surface area contributed by atoms with Crippen molar-refractivity contribution in [1.29, 1.82) is 0 Å². The van der Waals surface area contributed by atoms with Gasteiger partial charge in [0.25, 0.3) is 5.91 Å². The van der Waals surface area contributed by atoms with Gasteiger partial charge in [-0.3, -0.25) is 4.79 Å². The Morgan fingerprint density at radius 1 is 1.14 bits per heavy atom. The van der Waals surface area contributed by atoms with Gasteiger partial charge in [0.05, 0.1) is 5.56 Å². The van der Waals surface area contributed by atoms with Crippen LogP contribution in [-0.2, 0) is 0 Å². The van der Waals surface area contributed by atoms with Crippen LogP contribution in [0.15, 0.2) is 18.2 Å². The summed E-state index contributed by atoms with van der Waals surface area (Å²) in [5, 5.41) is 0. The first-order valence-electron chi connectivity index (χ1n) is 7.55. The average molecular weight is 294 g/mol. The Labute approximate surface area is 123 Å². The third-order valence-corrected chi connectivity index (χ3v) is 4.76. The second kappa shape index (κ2) is 5.72. The van der Waals surface area contributed by atoms with E-state index < -0.39 is 11.6 Å². The first-order valence-corrected chi connectivity index (χ1v) is 7.55. The smallest absolute Gasteiger partial charge is 0.257 e. The van der Waals surface area contributed by atoms with Crippen molar-refractivity contribution in [2.24, 2.45) is 0 Å². The maximum atomic E-state index is 13.9. The highest BCUT2D eigenvalue weighted by atomic mass is 19.2. The van der Waals surface area contributed by atoms with Gasteiger partial charge < -0.3 is 9.80 Å². The summed E-state index contributed by atoms with van der Waals surface area (Å²) in [6.45, 7) is 1.67. The third kappa shape index (κ3) is 2.55. The van der Waals surface area contributed by atoms with E-state index in [-0.39, 0.29) is 17.5 Å². The molecular weight excluding hydrogens is 274 g/mol. The van der Waals surface area contributed by atoms with Crippen LogP contribution in [0.5, 0.6) is 0 Å². The number of halogens is 2. The largest absolute Gasteiger partial charge is 0.334 e. The van der Waals surface area contributed by atoms with E-state index in [0.717, 1.165) is 38.3 Å². The molecule has 0 aromatic heterocycles. The Hall–Kier alpha value is -1.49. The van der Waals surface area contributed by atoms with Gasteiger partial charge in [-0.2, -0.15) is 0 Å². The van der Waals surface area contributed by atoms with Gasteiger partial charge in [-0.1, -0.05) is 6.07 Å². The molecule has 3 rings (SSSR count). The number of rotatable bonds is 2. The van der Waals surface area contributed by atoms with Crippen molar-refractivity contribution in [2.75, 3.05) is 20.1 Å². The van der Waals surface area contributed by atoms with E-state index in [1.54, 1.807) is 4.90 Å². The van der Waals surface area contributed by atoms with Gasteiger partial charge in [-0.15, -0.1) is 0 Å². The second-order valence-electron chi connectivity index (χ2n) is 6.00. The molecule has 0 unspecified atom stereocenters. The molecule has 2 heterocycles. The van der Waals surface area contributed by atoms with Crippen LogP contribution < -0.4 is 0 Å². The van der Waals surface area contributed by atoms with Gasteiger partial charge in [0.2, 0.25) is 0 Å². The molecule has 1 amide bonds. The SMILES string of the molecule is CN1CCC[C@@H]1[C@H]1CCCN1C(=O)c1cccc(F)c1F. The maximum Gasteiger partial charge on any atom is 0.257 e. The molecule has 2 saturated heterocycles. The average Bonchev–Trinajstić information content (AvgIpc) is 3.09. The van der Waals surface area contributed by atoms with E-state index in [1.165, 1.54) is 12.1 Å². The standard InChI is InChI=1S/C16H20F2N2O/c1-19-9-3-7-13(19)14-8-4-10-20(14)16(21)11-5-2-6-12(17)15(11)18/h2,5-6,13-14H,3-4,7-10H2,1H3/t13-,14-/m1/s1. The van der Waals surface area contributed by atoms with Gasteiger partial charge >= 0.3 is 0 Å². The van der Waals surface area contributed by atoms with Crippen molar-refractivity contribution >= 4 is 5.91 Å². The molecule has 5 heteroatoms. The molecular formula is C16H20F2N2O. The number of hydrogen-bond acceptors (Lipinski definition) is 2. The summed E-state index contributed by atoms with van der Waals surface area (Å²) in [5.41, 5.74) is -0.150. The zero-order chi connectivity index (χ0) is 15.0. The lowest BCUT2D eigenvalue weighted by Gasteiger charge is -2.33. The van der Waals surface area contributed by atoms with Crippen molar-refractivity contribution in [2.45, 2.75) is 37.8 Å². The van der Waals surface area contributed by atoms with E-state index in [2.05, 4.69) is 11.9 Å². The number of hydrogen-bond donors (Lipinski definition) is 0. The lowest BCUT2D eigenvalue weighted by atomic mass is 10.0. The van der Waals surface area contributed by atoms with Gasteiger partial charge in [-0.25, -0.2) is 8.78 Å². The van der Waals surface area contributed by atoms with Crippen LogP contribution in [-0.4, -0.2) is 47.9 Å². The molecule has 2 fully saturated rings. The lowest BCUT2D eigenvalue weighted by Crippen LogP contribution is -2.47. The van der Waals surface area contributed by atoms with Crippen LogP contribution in [0, 0.1) is 11.6 Å². The van der Waals surface area contributed by atoms with Crippen LogP contribution in [0.4, 0.5) is 8.78 Å². The summed E-state index contributed by atoms with van der Waals surface area (Å²) in [6, 6.07) is 4.26. The Morgan fingerprint density at radius 3 is 2.57 bits per heavy atom. The Balaban J connectivity index is 1.84. The topological polar surface area (TPSA) is 23.6 Å². The van der Waals surface area contributed by atoms with Gasteiger partial charge in [0.15, 0.2) is 11.6 Å².